The van der Waals surface area contributed by atoms with Gasteiger partial charge in [0.2, 0.25) is 0 Å². The molecule has 2 aliphatic heterocycles. The molecular formula is C22H28F3N5O. The standard InChI is InChI=1S/C22H28F3N5O/c1-3-28-10-9-17-18(13-28)30(26)27-20(17)21(31)29-11-7-15(8-12-29)16-6-4-5-14(2)19(16)22(23,24)25/h4-6,15H,3,7-13,26H2,1-2H3. The second-order valence-electron chi connectivity index (χ2n) is 8.44. The first-order valence-corrected chi connectivity index (χ1v) is 10.7. The van der Waals surface area contributed by atoms with Gasteiger partial charge in [-0.25, -0.2) is 0 Å². The summed E-state index contributed by atoms with van der Waals surface area (Å²) >= 11 is 0. The minimum absolute atomic E-state index is 0.177. The molecule has 1 saturated heterocycles. The van der Waals surface area contributed by atoms with Crippen molar-refractivity contribution in [2.75, 3.05) is 32.0 Å². The van der Waals surface area contributed by atoms with Crippen molar-refractivity contribution in [2.45, 2.75) is 51.7 Å². The van der Waals surface area contributed by atoms with Crippen LogP contribution in [-0.2, 0) is 19.1 Å². The van der Waals surface area contributed by atoms with E-state index in [9.17, 15) is 18.0 Å². The van der Waals surface area contributed by atoms with Crippen molar-refractivity contribution in [2.24, 2.45) is 0 Å². The number of benzene rings is 1. The molecule has 0 radical (unpaired) electrons. The highest BCUT2D eigenvalue weighted by Crippen LogP contribution is 2.40. The summed E-state index contributed by atoms with van der Waals surface area (Å²) in [7, 11) is 0. The van der Waals surface area contributed by atoms with Crippen LogP contribution in [0.3, 0.4) is 0 Å². The van der Waals surface area contributed by atoms with Crippen LogP contribution in [0.5, 0.6) is 0 Å². The lowest BCUT2D eigenvalue weighted by Gasteiger charge is -2.33. The number of nitrogen functional groups attached to an aromatic ring is 1. The van der Waals surface area contributed by atoms with Crippen molar-refractivity contribution >= 4 is 5.91 Å². The molecule has 0 atom stereocenters. The van der Waals surface area contributed by atoms with Crippen LogP contribution < -0.4 is 5.84 Å². The molecule has 0 bridgehead atoms. The highest BCUT2D eigenvalue weighted by Gasteiger charge is 2.38. The van der Waals surface area contributed by atoms with Gasteiger partial charge in [0.05, 0.1) is 11.3 Å². The Morgan fingerprint density at radius 3 is 2.58 bits per heavy atom. The lowest BCUT2D eigenvalue weighted by molar-refractivity contribution is -0.139. The van der Waals surface area contributed by atoms with Crippen LogP contribution in [0.15, 0.2) is 18.2 Å². The van der Waals surface area contributed by atoms with Gasteiger partial charge >= 0.3 is 6.18 Å². The Morgan fingerprint density at radius 2 is 1.94 bits per heavy atom. The van der Waals surface area contributed by atoms with Crippen molar-refractivity contribution in [1.82, 2.24) is 19.7 Å². The van der Waals surface area contributed by atoms with Crippen LogP contribution in [0.2, 0.25) is 0 Å². The van der Waals surface area contributed by atoms with E-state index in [-0.39, 0.29) is 17.4 Å². The minimum Gasteiger partial charge on any atom is -0.337 e. The summed E-state index contributed by atoms with van der Waals surface area (Å²) in [5.41, 5.74) is 2.19. The van der Waals surface area contributed by atoms with E-state index >= 15 is 0 Å². The zero-order valence-electron chi connectivity index (χ0n) is 17.9. The van der Waals surface area contributed by atoms with Gasteiger partial charge in [0.25, 0.3) is 5.91 Å². The van der Waals surface area contributed by atoms with E-state index < -0.39 is 11.7 Å². The number of likely N-dealkylation sites (tertiary alicyclic amines) is 1. The number of aromatic nitrogens is 2. The molecular weight excluding hydrogens is 407 g/mol. The van der Waals surface area contributed by atoms with E-state index in [0.29, 0.717) is 43.7 Å². The fraction of sp³-hybridized carbons (Fsp3) is 0.545. The van der Waals surface area contributed by atoms with E-state index in [0.717, 1.165) is 30.8 Å². The van der Waals surface area contributed by atoms with Gasteiger partial charge in [0, 0.05) is 31.7 Å². The summed E-state index contributed by atoms with van der Waals surface area (Å²) in [6.07, 6.45) is -2.68. The fourth-order valence-corrected chi connectivity index (χ4v) is 4.90. The Hall–Kier alpha value is -2.55. The number of halogens is 3. The van der Waals surface area contributed by atoms with Crippen LogP contribution in [0.25, 0.3) is 0 Å². The van der Waals surface area contributed by atoms with Gasteiger partial charge in [-0.3, -0.25) is 9.69 Å². The molecule has 0 aliphatic carbocycles. The molecule has 4 rings (SSSR count). The minimum atomic E-state index is -4.38. The van der Waals surface area contributed by atoms with Crippen LogP contribution in [0.1, 0.15) is 64.1 Å². The molecule has 1 aromatic carbocycles. The number of carbonyl (C=O) groups excluding carboxylic acids is 1. The maximum Gasteiger partial charge on any atom is 0.416 e. The predicted molar refractivity (Wildman–Crippen MR) is 111 cm³/mol. The summed E-state index contributed by atoms with van der Waals surface area (Å²) in [5, 5.41) is 4.30. The van der Waals surface area contributed by atoms with E-state index in [2.05, 4.69) is 16.9 Å². The van der Waals surface area contributed by atoms with Crippen LogP contribution >= 0.6 is 0 Å². The third-order valence-corrected chi connectivity index (χ3v) is 6.63. The van der Waals surface area contributed by atoms with Crippen molar-refractivity contribution in [3.63, 3.8) is 0 Å². The van der Waals surface area contributed by atoms with Gasteiger partial charge in [0.1, 0.15) is 0 Å². The SMILES string of the molecule is CCN1CCc2c(C(=O)N3CCC(c4cccc(C)c4C(F)(F)F)CC3)nn(N)c2C1. The highest BCUT2D eigenvalue weighted by molar-refractivity contribution is 5.94. The summed E-state index contributed by atoms with van der Waals surface area (Å²) in [6.45, 7) is 6.81. The third kappa shape index (κ3) is 4.03. The molecule has 2 aromatic rings. The first kappa shape index (κ1) is 21.7. The predicted octanol–water partition coefficient (Wildman–Crippen LogP) is 3.32. The highest BCUT2D eigenvalue weighted by atomic mass is 19.4. The summed E-state index contributed by atoms with van der Waals surface area (Å²) < 4.78 is 40.8. The number of aryl methyl sites for hydroxylation is 1. The Bertz CT molecular complexity index is 976. The zero-order chi connectivity index (χ0) is 22.3. The number of nitrogens with two attached hydrogens (primary N) is 1. The van der Waals surface area contributed by atoms with E-state index in [4.69, 9.17) is 5.84 Å². The number of amides is 1. The second-order valence-corrected chi connectivity index (χ2v) is 8.44. The fourth-order valence-electron chi connectivity index (χ4n) is 4.90. The zero-order valence-corrected chi connectivity index (χ0v) is 17.9. The van der Waals surface area contributed by atoms with Gasteiger partial charge in [-0.1, -0.05) is 25.1 Å². The molecule has 0 saturated carbocycles. The molecule has 31 heavy (non-hydrogen) atoms. The van der Waals surface area contributed by atoms with E-state index in [1.807, 2.05) is 0 Å². The molecule has 3 heterocycles. The number of nitrogens with zero attached hydrogens (tertiary/aromatic N) is 4. The van der Waals surface area contributed by atoms with E-state index in [1.54, 1.807) is 17.0 Å². The van der Waals surface area contributed by atoms with Gasteiger partial charge in [-0.05, 0) is 49.8 Å². The number of fused-ring (bicyclic) bond motifs is 1. The van der Waals surface area contributed by atoms with Gasteiger partial charge in [-0.2, -0.15) is 18.0 Å². The van der Waals surface area contributed by atoms with Crippen LogP contribution in [-0.4, -0.2) is 51.8 Å². The Balaban J connectivity index is 1.50. The molecule has 1 aromatic heterocycles. The maximum absolute atomic E-state index is 13.6. The monoisotopic (exact) mass is 435 g/mol. The molecule has 6 nitrogen and oxygen atoms in total. The second kappa shape index (κ2) is 8.18. The van der Waals surface area contributed by atoms with E-state index in [1.165, 1.54) is 17.8 Å². The average Bonchev–Trinajstić information content (AvgIpc) is 3.08. The molecule has 1 fully saturated rings. The smallest absolute Gasteiger partial charge is 0.337 e. The number of rotatable bonds is 3. The molecule has 2 aliphatic rings. The maximum atomic E-state index is 13.6. The molecule has 0 unspecified atom stereocenters. The van der Waals surface area contributed by atoms with Crippen molar-refractivity contribution in [1.29, 1.82) is 0 Å². The molecule has 0 spiro atoms. The molecule has 2 N–H and O–H groups in total. The quantitative estimate of drug-likeness (QED) is 0.751. The largest absolute Gasteiger partial charge is 0.416 e. The van der Waals surface area contributed by atoms with Crippen molar-refractivity contribution < 1.29 is 18.0 Å². The first-order valence-electron chi connectivity index (χ1n) is 10.7. The Labute approximate surface area is 179 Å². The van der Waals surface area contributed by atoms with Crippen LogP contribution in [0, 0.1) is 6.92 Å². The van der Waals surface area contributed by atoms with Crippen LogP contribution in [0.4, 0.5) is 13.2 Å². The Morgan fingerprint density at radius 1 is 1.23 bits per heavy atom. The summed E-state index contributed by atoms with van der Waals surface area (Å²) in [5.74, 6) is 5.62. The lowest BCUT2D eigenvalue weighted by Crippen LogP contribution is -2.39. The Kier molecular flexibility index (Phi) is 5.72. The molecule has 168 valence electrons. The average molecular weight is 435 g/mol. The topological polar surface area (TPSA) is 67.4 Å². The van der Waals surface area contributed by atoms with Gasteiger partial charge in [0.15, 0.2) is 5.69 Å². The number of hydrogen-bond acceptors (Lipinski definition) is 4. The summed E-state index contributed by atoms with van der Waals surface area (Å²) in [4.78, 5) is 18.4. The van der Waals surface area contributed by atoms with Gasteiger partial charge < -0.3 is 10.7 Å². The van der Waals surface area contributed by atoms with Crippen molar-refractivity contribution in [3.8, 4) is 0 Å². The first-order chi connectivity index (χ1) is 14.7. The van der Waals surface area contributed by atoms with Crippen molar-refractivity contribution in [3.05, 3.63) is 51.8 Å². The molecule has 1 amide bonds. The number of piperidine rings is 1. The number of alkyl halides is 3. The third-order valence-electron chi connectivity index (χ3n) is 6.63. The number of likely N-dealkylation sites (N-methyl/N-ethyl adjacent to an activating group) is 1. The lowest BCUT2D eigenvalue weighted by atomic mass is 9.84. The van der Waals surface area contributed by atoms with Gasteiger partial charge in [-0.15, -0.1) is 5.10 Å². The normalized spacial score (nSPS) is 18.3. The summed E-state index contributed by atoms with van der Waals surface area (Å²) in [6, 6.07) is 4.75. The number of carbonyl (C=O) groups is 1. The number of hydrogen-bond donors (Lipinski definition) is 1. The molecule has 9 heteroatoms.